The van der Waals surface area contributed by atoms with Gasteiger partial charge in [-0.1, -0.05) is 6.92 Å². The molecule has 0 aliphatic rings. The number of esters is 1. The van der Waals surface area contributed by atoms with E-state index in [9.17, 15) is 18.4 Å². The number of benzene rings is 1. The number of hydrogen-bond donors (Lipinski definition) is 1. The van der Waals surface area contributed by atoms with Crippen molar-refractivity contribution < 1.29 is 18.3 Å². The van der Waals surface area contributed by atoms with Crippen LogP contribution in [-0.2, 0) is 4.74 Å². The van der Waals surface area contributed by atoms with Gasteiger partial charge in [-0.3, -0.25) is 4.79 Å². The number of carbonyl (C=O) groups excluding carboxylic acids is 1. The van der Waals surface area contributed by atoms with Crippen LogP contribution in [0.2, 0.25) is 0 Å². The van der Waals surface area contributed by atoms with E-state index in [1.165, 1.54) is 17.8 Å². The van der Waals surface area contributed by atoms with Crippen LogP contribution in [0.3, 0.4) is 0 Å². The van der Waals surface area contributed by atoms with Crippen LogP contribution in [0, 0.1) is 11.6 Å². The molecule has 0 fully saturated rings. The smallest absolute Gasteiger partial charge is 0.344 e. The molecule has 0 saturated heterocycles. The predicted molar refractivity (Wildman–Crippen MR) is 76.8 cm³/mol. The summed E-state index contributed by atoms with van der Waals surface area (Å²) in [6.07, 6.45) is 0. The van der Waals surface area contributed by atoms with Crippen LogP contribution in [0.25, 0.3) is 10.9 Å². The minimum atomic E-state index is -1.27. The summed E-state index contributed by atoms with van der Waals surface area (Å²) in [7, 11) is 0. The Kier molecular flexibility index (Phi) is 4.62. The number of thioether (sulfide) groups is 1. The first-order valence-electron chi connectivity index (χ1n) is 6.35. The SMILES string of the molecule is CCOC(=O)c1c(SCC)[nH]c2ccc(F)c(F)c2c1=O. The van der Waals surface area contributed by atoms with E-state index in [1.54, 1.807) is 6.92 Å². The van der Waals surface area contributed by atoms with Crippen LogP contribution < -0.4 is 5.43 Å². The number of aromatic amines is 1. The molecular formula is C14H13F2NO3S. The number of rotatable bonds is 4. The summed E-state index contributed by atoms with van der Waals surface area (Å²) in [6, 6.07) is 2.20. The molecule has 0 unspecified atom stereocenters. The summed E-state index contributed by atoms with van der Waals surface area (Å²) in [6.45, 7) is 3.52. The molecule has 0 spiro atoms. The van der Waals surface area contributed by atoms with Crippen molar-refractivity contribution in [2.45, 2.75) is 18.9 Å². The molecular weight excluding hydrogens is 300 g/mol. The Morgan fingerprint density at radius 1 is 1.33 bits per heavy atom. The van der Waals surface area contributed by atoms with Gasteiger partial charge in [-0.25, -0.2) is 13.6 Å². The van der Waals surface area contributed by atoms with E-state index in [4.69, 9.17) is 4.74 Å². The first-order valence-corrected chi connectivity index (χ1v) is 7.33. The van der Waals surface area contributed by atoms with E-state index in [0.29, 0.717) is 10.8 Å². The molecule has 1 aromatic carbocycles. The summed E-state index contributed by atoms with van der Waals surface area (Å²) in [5.41, 5.74) is -1.02. The molecule has 0 aliphatic carbocycles. The zero-order chi connectivity index (χ0) is 15.6. The Labute approximate surface area is 123 Å². The number of aromatic nitrogens is 1. The van der Waals surface area contributed by atoms with Gasteiger partial charge >= 0.3 is 5.97 Å². The van der Waals surface area contributed by atoms with Crippen LogP contribution >= 0.6 is 11.8 Å². The summed E-state index contributed by atoms with van der Waals surface area (Å²) in [5, 5.41) is -0.182. The minimum Gasteiger partial charge on any atom is -0.462 e. The molecule has 4 nitrogen and oxygen atoms in total. The highest BCUT2D eigenvalue weighted by Crippen LogP contribution is 2.24. The monoisotopic (exact) mass is 313 g/mol. The second kappa shape index (κ2) is 6.26. The zero-order valence-electron chi connectivity index (χ0n) is 11.5. The van der Waals surface area contributed by atoms with Crippen LogP contribution in [0.15, 0.2) is 22.0 Å². The van der Waals surface area contributed by atoms with Crippen molar-refractivity contribution in [3.05, 3.63) is 39.6 Å². The van der Waals surface area contributed by atoms with Crippen molar-refractivity contribution in [3.8, 4) is 0 Å². The molecule has 0 radical (unpaired) electrons. The van der Waals surface area contributed by atoms with E-state index in [1.807, 2.05) is 6.92 Å². The van der Waals surface area contributed by atoms with Crippen molar-refractivity contribution >= 4 is 28.6 Å². The molecule has 0 aliphatic heterocycles. The quantitative estimate of drug-likeness (QED) is 0.696. The molecule has 21 heavy (non-hydrogen) atoms. The van der Waals surface area contributed by atoms with Gasteiger partial charge in [-0.05, 0) is 24.8 Å². The van der Waals surface area contributed by atoms with Crippen LogP contribution in [0.1, 0.15) is 24.2 Å². The van der Waals surface area contributed by atoms with Gasteiger partial charge in [-0.2, -0.15) is 0 Å². The Morgan fingerprint density at radius 2 is 2.05 bits per heavy atom. The molecule has 1 N–H and O–H groups in total. The average Bonchev–Trinajstić information content (AvgIpc) is 2.43. The molecule has 2 aromatic rings. The number of hydrogen-bond acceptors (Lipinski definition) is 4. The minimum absolute atomic E-state index is 0.0815. The fourth-order valence-corrected chi connectivity index (χ4v) is 2.72. The van der Waals surface area contributed by atoms with Gasteiger partial charge in [0.1, 0.15) is 5.56 Å². The van der Waals surface area contributed by atoms with E-state index in [-0.39, 0.29) is 17.7 Å². The number of fused-ring (bicyclic) bond motifs is 1. The number of carbonyl (C=O) groups is 1. The highest BCUT2D eigenvalue weighted by molar-refractivity contribution is 7.99. The molecule has 1 aromatic heterocycles. The lowest BCUT2D eigenvalue weighted by Crippen LogP contribution is -2.21. The van der Waals surface area contributed by atoms with Gasteiger partial charge in [0.05, 0.1) is 22.5 Å². The van der Waals surface area contributed by atoms with E-state index in [0.717, 1.165) is 6.07 Å². The lowest BCUT2D eigenvalue weighted by atomic mass is 10.1. The van der Waals surface area contributed by atoms with Gasteiger partial charge in [0, 0.05) is 0 Å². The molecule has 1 heterocycles. The highest BCUT2D eigenvalue weighted by atomic mass is 32.2. The second-order valence-corrected chi connectivity index (χ2v) is 5.37. The number of halogens is 2. The third kappa shape index (κ3) is 2.78. The maximum absolute atomic E-state index is 13.9. The van der Waals surface area contributed by atoms with Gasteiger partial charge < -0.3 is 9.72 Å². The van der Waals surface area contributed by atoms with E-state index < -0.39 is 28.4 Å². The normalized spacial score (nSPS) is 10.9. The summed E-state index contributed by atoms with van der Waals surface area (Å²) < 4.78 is 32.0. The van der Waals surface area contributed by atoms with Gasteiger partial charge in [0.2, 0.25) is 5.43 Å². The molecule has 0 saturated carbocycles. The van der Waals surface area contributed by atoms with Crippen molar-refractivity contribution in [2.24, 2.45) is 0 Å². The first-order chi connectivity index (χ1) is 10.0. The number of ether oxygens (including phenoxy) is 1. The molecule has 0 amide bonds. The maximum Gasteiger partial charge on any atom is 0.344 e. The fourth-order valence-electron chi connectivity index (χ4n) is 1.93. The Balaban J connectivity index is 2.83. The lowest BCUT2D eigenvalue weighted by molar-refractivity contribution is 0.0520. The fraction of sp³-hybridized carbons (Fsp3) is 0.286. The topological polar surface area (TPSA) is 59.2 Å². The molecule has 2 rings (SSSR count). The van der Waals surface area contributed by atoms with Crippen LogP contribution in [0.5, 0.6) is 0 Å². The average molecular weight is 313 g/mol. The maximum atomic E-state index is 13.9. The lowest BCUT2D eigenvalue weighted by Gasteiger charge is -2.10. The zero-order valence-corrected chi connectivity index (χ0v) is 12.3. The molecule has 112 valence electrons. The summed E-state index contributed by atoms with van der Waals surface area (Å²) in [4.78, 5) is 27.1. The molecule has 7 heteroatoms. The Morgan fingerprint density at radius 3 is 2.67 bits per heavy atom. The van der Waals surface area contributed by atoms with Gasteiger partial charge in [-0.15, -0.1) is 11.8 Å². The van der Waals surface area contributed by atoms with Crippen LogP contribution in [-0.4, -0.2) is 23.3 Å². The highest BCUT2D eigenvalue weighted by Gasteiger charge is 2.23. The third-order valence-electron chi connectivity index (χ3n) is 2.79. The largest absolute Gasteiger partial charge is 0.462 e. The Bertz CT molecular complexity index is 758. The number of H-pyrrole nitrogens is 1. The Hall–Kier alpha value is -1.89. The van der Waals surface area contributed by atoms with Crippen molar-refractivity contribution in [3.63, 3.8) is 0 Å². The standard InChI is InChI=1S/C14H13F2NO3S/c1-3-20-14(19)10-12(18)9-8(17-13(10)21-4-2)6-5-7(15)11(9)16/h5-6H,3-4H2,1-2H3,(H,17,18). The van der Waals surface area contributed by atoms with E-state index >= 15 is 0 Å². The molecule has 0 atom stereocenters. The predicted octanol–water partition coefficient (Wildman–Crippen LogP) is 3.10. The van der Waals surface area contributed by atoms with Crippen molar-refractivity contribution in [1.82, 2.24) is 4.98 Å². The third-order valence-corrected chi connectivity index (χ3v) is 3.68. The van der Waals surface area contributed by atoms with E-state index in [2.05, 4.69) is 4.98 Å². The number of pyridine rings is 1. The van der Waals surface area contributed by atoms with Crippen molar-refractivity contribution in [1.29, 1.82) is 0 Å². The summed E-state index contributed by atoms with van der Waals surface area (Å²) >= 11 is 1.22. The summed E-state index contributed by atoms with van der Waals surface area (Å²) in [5.74, 6) is -2.66. The van der Waals surface area contributed by atoms with Crippen molar-refractivity contribution in [2.75, 3.05) is 12.4 Å². The van der Waals surface area contributed by atoms with Gasteiger partial charge in [0.15, 0.2) is 11.6 Å². The molecule has 0 bridgehead atoms. The van der Waals surface area contributed by atoms with Gasteiger partial charge in [0.25, 0.3) is 0 Å². The second-order valence-electron chi connectivity index (χ2n) is 4.10. The first kappa shape index (κ1) is 15.5. The number of nitrogens with one attached hydrogen (secondary N) is 1. The van der Waals surface area contributed by atoms with Crippen LogP contribution in [0.4, 0.5) is 8.78 Å².